The Bertz CT molecular complexity index is 311. The number of piperidine rings is 1. The lowest BCUT2D eigenvalue weighted by atomic mass is 10.0. The molecule has 1 aromatic rings. The summed E-state index contributed by atoms with van der Waals surface area (Å²) in [7, 11) is 0. The predicted molar refractivity (Wildman–Crippen MR) is 65.6 cm³/mol. The second-order valence-corrected chi connectivity index (χ2v) is 5.08. The number of aryl methyl sites for hydroxylation is 1. The molecule has 0 bridgehead atoms. The van der Waals surface area contributed by atoms with E-state index in [4.69, 9.17) is 0 Å². The molecule has 0 amide bonds. The summed E-state index contributed by atoms with van der Waals surface area (Å²) in [5.74, 6) is 0. The van der Waals surface area contributed by atoms with Crippen molar-refractivity contribution in [1.82, 2.24) is 10.3 Å². The molecule has 2 unspecified atom stereocenters. The van der Waals surface area contributed by atoms with Crippen LogP contribution in [-0.4, -0.2) is 23.6 Å². The van der Waals surface area contributed by atoms with E-state index in [2.05, 4.69) is 34.8 Å². The third-order valence-corrected chi connectivity index (χ3v) is 3.69. The minimum Gasteiger partial charge on any atom is -0.359 e. The number of thiazole rings is 1. The maximum atomic E-state index is 4.53. The van der Waals surface area contributed by atoms with Gasteiger partial charge in [-0.3, -0.25) is 0 Å². The van der Waals surface area contributed by atoms with Gasteiger partial charge in [0.05, 0.1) is 5.69 Å². The highest BCUT2D eigenvalue weighted by atomic mass is 32.1. The van der Waals surface area contributed by atoms with Gasteiger partial charge in [0.15, 0.2) is 5.13 Å². The Morgan fingerprint density at radius 1 is 1.67 bits per heavy atom. The van der Waals surface area contributed by atoms with Crippen molar-refractivity contribution in [3.05, 3.63) is 11.1 Å². The predicted octanol–water partition coefficient (Wildman–Crippen LogP) is 2.26. The first-order valence-electron chi connectivity index (χ1n) is 5.72. The van der Waals surface area contributed by atoms with Crippen LogP contribution in [0.25, 0.3) is 0 Å². The maximum Gasteiger partial charge on any atom is 0.183 e. The lowest BCUT2D eigenvalue weighted by molar-refractivity contribution is 0.396. The van der Waals surface area contributed by atoms with Crippen molar-refractivity contribution < 1.29 is 0 Å². The van der Waals surface area contributed by atoms with E-state index in [-0.39, 0.29) is 0 Å². The Morgan fingerprint density at radius 3 is 3.20 bits per heavy atom. The minimum atomic E-state index is 0.595. The lowest BCUT2D eigenvalue weighted by Crippen LogP contribution is -2.41. The first-order valence-corrected chi connectivity index (χ1v) is 6.60. The summed E-state index contributed by atoms with van der Waals surface area (Å²) in [4.78, 5) is 4.53. The van der Waals surface area contributed by atoms with Gasteiger partial charge >= 0.3 is 0 Å². The first kappa shape index (κ1) is 10.9. The molecular formula is C11H19N3S. The molecule has 4 heteroatoms. The second-order valence-electron chi connectivity index (χ2n) is 4.22. The molecule has 15 heavy (non-hydrogen) atoms. The largest absolute Gasteiger partial charge is 0.359 e. The Balaban J connectivity index is 1.90. The van der Waals surface area contributed by atoms with Crippen molar-refractivity contribution in [1.29, 1.82) is 0 Å². The molecule has 0 radical (unpaired) electrons. The second kappa shape index (κ2) is 4.94. The molecule has 3 nitrogen and oxygen atoms in total. The average Bonchev–Trinajstić information content (AvgIpc) is 2.65. The number of aromatic nitrogens is 1. The fourth-order valence-electron chi connectivity index (χ4n) is 1.97. The van der Waals surface area contributed by atoms with Crippen LogP contribution in [0.3, 0.4) is 0 Å². The van der Waals surface area contributed by atoms with Crippen LogP contribution in [0.15, 0.2) is 5.38 Å². The van der Waals surface area contributed by atoms with Crippen LogP contribution >= 0.6 is 11.3 Å². The third-order valence-electron chi connectivity index (χ3n) is 2.87. The summed E-state index contributed by atoms with van der Waals surface area (Å²) in [6.07, 6.45) is 3.42. The van der Waals surface area contributed by atoms with Crippen molar-refractivity contribution in [2.75, 3.05) is 11.9 Å². The van der Waals surface area contributed by atoms with Gasteiger partial charge in [-0.25, -0.2) is 4.98 Å². The molecule has 84 valence electrons. The minimum absolute atomic E-state index is 0.595. The quantitative estimate of drug-likeness (QED) is 0.828. The van der Waals surface area contributed by atoms with Gasteiger partial charge < -0.3 is 10.6 Å². The van der Waals surface area contributed by atoms with Crippen molar-refractivity contribution >= 4 is 16.5 Å². The summed E-state index contributed by atoms with van der Waals surface area (Å²) in [6.45, 7) is 5.50. The van der Waals surface area contributed by atoms with E-state index in [1.54, 1.807) is 11.3 Å². The number of nitrogens with zero attached hydrogens (tertiary/aromatic N) is 1. The van der Waals surface area contributed by atoms with Crippen molar-refractivity contribution in [2.45, 2.75) is 45.2 Å². The van der Waals surface area contributed by atoms with Gasteiger partial charge in [-0.1, -0.05) is 6.92 Å². The summed E-state index contributed by atoms with van der Waals surface area (Å²) in [6, 6.07) is 1.22. The van der Waals surface area contributed by atoms with E-state index < -0.39 is 0 Å². The Hall–Kier alpha value is -0.610. The zero-order valence-corrected chi connectivity index (χ0v) is 10.2. The highest BCUT2D eigenvalue weighted by molar-refractivity contribution is 7.13. The molecule has 1 fully saturated rings. The van der Waals surface area contributed by atoms with Crippen LogP contribution in [0.4, 0.5) is 5.13 Å². The fourth-order valence-corrected chi connectivity index (χ4v) is 2.85. The number of rotatable bonds is 3. The summed E-state index contributed by atoms with van der Waals surface area (Å²) in [5.41, 5.74) is 1.20. The number of nitrogens with one attached hydrogen (secondary N) is 2. The topological polar surface area (TPSA) is 37.0 Å². The molecule has 2 N–H and O–H groups in total. The molecule has 1 aliphatic rings. The first-order chi connectivity index (χ1) is 7.28. The zero-order valence-electron chi connectivity index (χ0n) is 9.42. The summed E-state index contributed by atoms with van der Waals surface area (Å²) in [5, 5.41) is 10.2. The van der Waals surface area contributed by atoms with Gasteiger partial charge in [0.25, 0.3) is 0 Å². The van der Waals surface area contributed by atoms with E-state index in [1.807, 2.05) is 0 Å². The van der Waals surface area contributed by atoms with Crippen molar-refractivity contribution in [3.63, 3.8) is 0 Å². The van der Waals surface area contributed by atoms with Crippen molar-refractivity contribution in [3.8, 4) is 0 Å². The monoisotopic (exact) mass is 225 g/mol. The molecule has 2 rings (SSSR count). The van der Waals surface area contributed by atoms with E-state index in [1.165, 1.54) is 18.5 Å². The number of hydrogen-bond acceptors (Lipinski definition) is 4. The molecule has 2 heterocycles. The fraction of sp³-hybridized carbons (Fsp3) is 0.727. The van der Waals surface area contributed by atoms with E-state index in [0.717, 1.165) is 18.1 Å². The van der Waals surface area contributed by atoms with Crippen LogP contribution in [0.5, 0.6) is 0 Å². The highest BCUT2D eigenvalue weighted by Gasteiger charge is 2.18. The SMILES string of the molecule is CCc1csc(NC2CCNC(C)C2)n1. The van der Waals surface area contributed by atoms with Crippen LogP contribution < -0.4 is 10.6 Å². The third kappa shape index (κ3) is 2.92. The molecule has 1 aromatic heterocycles. The Morgan fingerprint density at radius 2 is 2.53 bits per heavy atom. The van der Waals surface area contributed by atoms with E-state index >= 15 is 0 Å². The molecule has 0 spiro atoms. The average molecular weight is 225 g/mol. The molecule has 0 saturated carbocycles. The molecule has 1 aliphatic heterocycles. The Labute approximate surface area is 95.3 Å². The highest BCUT2D eigenvalue weighted by Crippen LogP contribution is 2.20. The molecule has 1 saturated heterocycles. The van der Waals surface area contributed by atoms with E-state index in [9.17, 15) is 0 Å². The molecule has 0 aliphatic carbocycles. The maximum absolute atomic E-state index is 4.53. The van der Waals surface area contributed by atoms with Crippen LogP contribution in [0, 0.1) is 0 Å². The van der Waals surface area contributed by atoms with Gasteiger partial charge in [0.1, 0.15) is 0 Å². The van der Waals surface area contributed by atoms with Crippen molar-refractivity contribution in [2.24, 2.45) is 0 Å². The van der Waals surface area contributed by atoms with Gasteiger partial charge in [-0.15, -0.1) is 11.3 Å². The van der Waals surface area contributed by atoms with Gasteiger partial charge in [-0.2, -0.15) is 0 Å². The molecule has 2 atom stereocenters. The van der Waals surface area contributed by atoms with Crippen LogP contribution in [0.1, 0.15) is 32.4 Å². The standard InChI is InChI=1S/C11H19N3S/c1-3-9-7-15-11(13-9)14-10-4-5-12-8(2)6-10/h7-8,10,12H,3-6H2,1-2H3,(H,13,14). The number of anilines is 1. The normalized spacial score (nSPS) is 26.5. The zero-order chi connectivity index (χ0) is 10.7. The molecular weight excluding hydrogens is 206 g/mol. The van der Waals surface area contributed by atoms with Crippen LogP contribution in [-0.2, 0) is 6.42 Å². The van der Waals surface area contributed by atoms with Gasteiger partial charge in [0, 0.05) is 17.5 Å². The number of hydrogen-bond donors (Lipinski definition) is 2. The smallest absolute Gasteiger partial charge is 0.183 e. The van der Waals surface area contributed by atoms with E-state index in [0.29, 0.717) is 12.1 Å². The summed E-state index contributed by atoms with van der Waals surface area (Å²) >= 11 is 1.73. The van der Waals surface area contributed by atoms with Gasteiger partial charge in [-0.05, 0) is 32.7 Å². The summed E-state index contributed by atoms with van der Waals surface area (Å²) < 4.78 is 0. The Kier molecular flexibility index (Phi) is 3.59. The van der Waals surface area contributed by atoms with Crippen LogP contribution in [0.2, 0.25) is 0 Å². The van der Waals surface area contributed by atoms with Gasteiger partial charge in [0.2, 0.25) is 0 Å². The lowest BCUT2D eigenvalue weighted by Gasteiger charge is -2.28. The molecule has 0 aromatic carbocycles.